The molecule has 0 radical (unpaired) electrons. The van der Waals surface area contributed by atoms with Crippen molar-refractivity contribution in [3.05, 3.63) is 0 Å². The Morgan fingerprint density at radius 2 is 2.27 bits per heavy atom. The summed E-state index contributed by atoms with van der Waals surface area (Å²) in [6, 6.07) is 0. The minimum Gasteiger partial charge on any atom is -0.390 e. The normalized spacial score (nSPS) is 44.7. The SMILES string of the molecule is CCC1CC(OP)C(O)C1C. The molecule has 0 saturated heterocycles. The van der Waals surface area contributed by atoms with Crippen molar-refractivity contribution in [3.63, 3.8) is 0 Å². The zero-order valence-electron chi connectivity index (χ0n) is 7.16. The summed E-state index contributed by atoms with van der Waals surface area (Å²) in [5, 5.41) is 9.62. The lowest BCUT2D eigenvalue weighted by Gasteiger charge is -2.15. The average Bonchev–Trinajstić information content (AvgIpc) is 2.30. The molecular formula is C8H17O2P. The Kier molecular flexibility index (Phi) is 3.29. The number of hydrogen-bond acceptors (Lipinski definition) is 2. The largest absolute Gasteiger partial charge is 0.390 e. The molecule has 1 aliphatic carbocycles. The molecule has 1 saturated carbocycles. The highest BCUT2D eigenvalue weighted by Gasteiger charge is 2.38. The second kappa shape index (κ2) is 3.84. The van der Waals surface area contributed by atoms with Crippen LogP contribution in [0.25, 0.3) is 0 Å². The number of hydrogen-bond donors (Lipinski definition) is 1. The summed E-state index contributed by atoms with van der Waals surface area (Å²) in [6.07, 6.45) is 1.92. The summed E-state index contributed by atoms with van der Waals surface area (Å²) in [6.45, 7) is 4.27. The lowest BCUT2D eigenvalue weighted by Crippen LogP contribution is -2.24. The van der Waals surface area contributed by atoms with Crippen molar-refractivity contribution in [2.45, 2.75) is 38.9 Å². The summed E-state index contributed by atoms with van der Waals surface area (Å²) < 4.78 is 5.09. The third-order valence-electron chi connectivity index (χ3n) is 2.90. The Labute approximate surface area is 70.6 Å². The summed E-state index contributed by atoms with van der Waals surface area (Å²) >= 11 is 0. The number of aliphatic hydroxyl groups is 1. The van der Waals surface area contributed by atoms with Gasteiger partial charge in [-0.25, -0.2) is 0 Å². The molecule has 1 fully saturated rings. The van der Waals surface area contributed by atoms with E-state index in [0.29, 0.717) is 11.8 Å². The predicted molar refractivity (Wildman–Crippen MR) is 48.2 cm³/mol. The molecular weight excluding hydrogens is 159 g/mol. The quantitative estimate of drug-likeness (QED) is 0.647. The van der Waals surface area contributed by atoms with E-state index in [1.807, 2.05) is 0 Å². The van der Waals surface area contributed by atoms with Gasteiger partial charge in [0.05, 0.1) is 12.2 Å². The number of rotatable bonds is 2. The van der Waals surface area contributed by atoms with E-state index in [2.05, 4.69) is 23.3 Å². The van der Waals surface area contributed by atoms with Gasteiger partial charge in [-0.2, -0.15) is 0 Å². The van der Waals surface area contributed by atoms with E-state index in [1.54, 1.807) is 0 Å². The standard InChI is InChI=1S/C8H17O2P/c1-3-6-4-7(10-11)8(9)5(6)2/h5-9H,3-4,11H2,1-2H3. The second-order valence-corrected chi connectivity index (χ2v) is 3.70. The fraction of sp³-hybridized carbons (Fsp3) is 1.00. The molecule has 0 spiro atoms. The Bertz CT molecular complexity index is 111. The molecule has 0 aromatic rings. The predicted octanol–water partition coefficient (Wildman–Crippen LogP) is 1.59. The van der Waals surface area contributed by atoms with Crippen molar-refractivity contribution in [1.82, 2.24) is 0 Å². The molecule has 0 amide bonds. The highest BCUT2D eigenvalue weighted by molar-refractivity contribution is 7.09. The van der Waals surface area contributed by atoms with Gasteiger partial charge in [0.1, 0.15) is 0 Å². The Hall–Kier alpha value is 0.350. The molecule has 0 aromatic heterocycles. The lowest BCUT2D eigenvalue weighted by molar-refractivity contribution is 0.0474. The molecule has 5 atom stereocenters. The fourth-order valence-corrected chi connectivity index (χ4v) is 2.22. The van der Waals surface area contributed by atoms with E-state index in [4.69, 9.17) is 4.52 Å². The Morgan fingerprint density at radius 1 is 1.64 bits per heavy atom. The second-order valence-electron chi connectivity index (χ2n) is 3.43. The maximum atomic E-state index is 9.62. The van der Waals surface area contributed by atoms with Crippen LogP contribution in [0.3, 0.4) is 0 Å². The maximum absolute atomic E-state index is 9.62. The minimum atomic E-state index is -0.266. The first-order valence-electron chi connectivity index (χ1n) is 4.24. The molecule has 1 rings (SSSR count). The van der Waals surface area contributed by atoms with Gasteiger partial charge in [0.2, 0.25) is 0 Å². The van der Waals surface area contributed by atoms with Crippen LogP contribution >= 0.6 is 9.47 Å². The van der Waals surface area contributed by atoms with Crippen molar-refractivity contribution < 1.29 is 9.63 Å². The first kappa shape index (κ1) is 9.44. The Morgan fingerprint density at radius 3 is 2.55 bits per heavy atom. The first-order chi connectivity index (χ1) is 5.20. The third kappa shape index (κ3) is 1.74. The summed E-state index contributed by atoms with van der Waals surface area (Å²) in [4.78, 5) is 0. The molecule has 1 N–H and O–H groups in total. The van der Waals surface area contributed by atoms with Gasteiger partial charge in [0.25, 0.3) is 0 Å². The van der Waals surface area contributed by atoms with Gasteiger partial charge in [0.15, 0.2) is 0 Å². The van der Waals surface area contributed by atoms with E-state index in [-0.39, 0.29) is 12.2 Å². The van der Waals surface area contributed by atoms with Gasteiger partial charge in [-0.05, 0) is 18.3 Å². The average molecular weight is 176 g/mol. The lowest BCUT2D eigenvalue weighted by atomic mass is 9.95. The van der Waals surface area contributed by atoms with Crippen LogP contribution in [0.4, 0.5) is 0 Å². The first-order valence-corrected chi connectivity index (χ1v) is 4.71. The van der Waals surface area contributed by atoms with Gasteiger partial charge in [-0.3, -0.25) is 0 Å². The van der Waals surface area contributed by atoms with Crippen LogP contribution in [-0.4, -0.2) is 17.3 Å². The van der Waals surface area contributed by atoms with Crippen molar-refractivity contribution >= 4 is 9.47 Å². The van der Waals surface area contributed by atoms with Crippen molar-refractivity contribution in [1.29, 1.82) is 0 Å². The topological polar surface area (TPSA) is 29.5 Å². The van der Waals surface area contributed by atoms with Gasteiger partial charge in [0, 0.05) is 9.47 Å². The molecule has 3 heteroatoms. The maximum Gasteiger partial charge on any atom is 0.0875 e. The molecule has 0 heterocycles. The summed E-state index contributed by atoms with van der Waals surface area (Å²) in [5.41, 5.74) is 0. The molecule has 11 heavy (non-hydrogen) atoms. The van der Waals surface area contributed by atoms with Crippen LogP contribution in [0.5, 0.6) is 0 Å². The van der Waals surface area contributed by atoms with E-state index < -0.39 is 0 Å². The van der Waals surface area contributed by atoms with Crippen LogP contribution in [0.2, 0.25) is 0 Å². The van der Waals surface area contributed by atoms with Gasteiger partial charge >= 0.3 is 0 Å². The number of aliphatic hydroxyl groups excluding tert-OH is 1. The summed E-state index contributed by atoms with van der Waals surface area (Å²) in [5.74, 6) is 1.03. The van der Waals surface area contributed by atoms with Crippen molar-refractivity contribution in [2.75, 3.05) is 0 Å². The van der Waals surface area contributed by atoms with Crippen molar-refractivity contribution in [2.24, 2.45) is 11.8 Å². The van der Waals surface area contributed by atoms with Crippen LogP contribution in [-0.2, 0) is 4.52 Å². The molecule has 0 aliphatic heterocycles. The van der Waals surface area contributed by atoms with Crippen LogP contribution < -0.4 is 0 Å². The smallest absolute Gasteiger partial charge is 0.0875 e. The van der Waals surface area contributed by atoms with E-state index in [1.165, 1.54) is 0 Å². The molecule has 66 valence electrons. The van der Waals surface area contributed by atoms with Crippen LogP contribution in [0, 0.1) is 11.8 Å². The van der Waals surface area contributed by atoms with Gasteiger partial charge in [-0.15, -0.1) is 0 Å². The summed E-state index contributed by atoms with van der Waals surface area (Å²) in [7, 11) is 2.24. The van der Waals surface area contributed by atoms with E-state index >= 15 is 0 Å². The molecule has 0 aromatic carbocycles. The van der Waals surface area contributed by atoms with E-state index in [9.17, 15) is 5.11 Å². The zero-order chi connectivity index (χ0) is 8.43. The molecule has 0 bridgehead atoms. The fourth-order valence-electron chi connectivity index (χ4n) is 1.94. The third-order valence-corrected chi connectivity index (χ3v) is 3.25. The van der Waals surface area contributed by atoms with E-state index in [0.717, 1.165) is 12.8 Å². The minimum absolute atomic E-state index is 0.0416. The Balaban J connectivity index is 2.53. The van der Waals surface area contributed by atoms with Crippen LogP contribution in [0.15, 0.2) is 0 Å². The highest BCUT2D eigenvalue weighted by atomic mass is 31.0. The zero-order valence-corrected chi connectivity index (χ0v) is 8.31. The monoisotopic (exact) mass is 176 g/mol. The highest BCUT2D eigenvalue weighted by Crippen LogP contribution is 2.36. The molecule has 5 unspecified atom stereocenters. The molecule has 2 nitrogen and oxygen atoms in total. The van der Waals surface area contributed by atoms with Gasteiger partial charge in [-0.1, -0.05) is 20.3 Å². The van der Waals surface area contributed by atoms with Crippen molar-refractivity contribution in [3.8, 4) is 0 Å². The van der Waals surface area contributed by atoms with Gasteiger partial charge < -0.3 is 9.63 Å². The molecule has 1 aliphatic rings. The van der Waals surface area contributed by atoms with Crippen LogP contribution in [0.1, 0.15) is 26.7 Å².